The number of nitrogens with one attached hydrogen (secondary N) is 1. The molecule has 2 aromatic carbocycles. The second-order valence-corrected chi connectivity index (χ2v) is 10.2. The van der Waals surface area contributed by atoms with Crippen molar-refractivity contribution in [1.29, 1.82) is 0 Å². The normalized spacial score (nSPS) is 23.2. The fraction of sp³-hybridized carbons (Fsp3) is 0.355. The summed E-state index contributed by atoms with van der Waals surface area (Å²) in [5.41, 5.74) is 9.91. The highest BCUT2D eigenvalue weighted by Crippen LogP contribution is 2.54. The molecule has 0 radical (unpaired) electrons. The molecule has 1 heterocycles. The Hall–Kier alpha value is -3.80. The van der Waals surface area contributed by atoms with E-state index in [9.17, 15) is 9.59 Å². The zero-order chi connectivity index (χ0) is 26.4. The van der Waals surface area contributed by atoms with Crippen LogP contribution in [0.25, 0.3) is 5.57 Å². The first-order chi connectivity index (χ1) is 17.8. The average molecular weight is 500 g/mol. The molecule has 0 aromatic heterocycles. The van der Waals surface area contributed by atoms with E-state index in [-0.39, 0.29) is 23.3 Å². The van der Waals surface area contributed by atoms with Crippen LogP contribution < -0.4 is 11.1 Å². The summed E-state index contributed by atoms with van der Waals surface area (Å²) in [5, 5.41) is 3.00. The van der Waals surface area contributed by atoms with Crippen LogP contribution in [-0.2, 0) is 9.53 Å². The van der Waals surface area contributed by atoms with Gasteiger partial charge in [-0.1, -0.05) is 68.8 Å². The van der Waals surface area contributed by atoms with Crippen LogP contribution in [0.3, 0.4) is 0 Å². The van der Waals surface area contributed by atoms with Gasteiger partial charge in [-0.15, -0.1) is 0 Å². The summed E-state index contributed by atoms with van der Waals surface area (Å²) in [6, 6.07) is 18.0. The number of unbranched alkanes of at least 4 members (excludes halogenated alkanes) is 1. The van der Waals surface area contributed by atoms with E-state index in [4.69, 9.17) is 10.5 Å². The molecule has 3 N–H and O–H groups in total. The number of allylic oxidation sites excluding steroid dienone is 5. The first kappa shape index (κ1) is 26.3. The molecular formula is C31H37N3O3. The highest BCUT2D eigenvalue weighted by molar-refractivity contribution is 5.95. The quantitative estimate of drug-likeness (QED) is 0.349. The first-order valence-corrected chi connectivity index (χ1v) is 13.0. The van der Waals surface area contributed by atoms with E-state index in [2.05, 4.69) is 43.4 Å². The number of fused-ring (bicyclic) bond motifs is 1. The molecule has 6 nitrogen and oxygen atoms in total. The van der Waals surface area contributed by atoms with Crippen LogP contribution in [0.15, 0.2) is 84.4 Å². The van der Waals surface area contributed by atoms with Crippen LogP contribution in [0.1, 0.15) is 67.1 Å². The molecule has 2 amide bonds. The van der Waals surface area contributed by atoms with Crippen molar-refractivity contribution in [1.82, 2.24) is 10.2 Å². The fourth-order valence-electron chi connectivity index (χ4n) is 5.18. The molecule has 0 saturated carbocycles. The zero-order valence-corrected chi connectivity index (χ0v) is 21.9. The monoisotopic (exact) mass is 499 g/mol. The molecule has 0 spiro atoms. The van der Waals surface area contributed by atoms with Gasteiger partial charge in [0.15, 0.2) is 0 Å². The molecule has 6 heteroatoms. The zero-order valence-electron chi connectivity index (χ0n) is 21.9. The van der Waals surface area contributed by atoms with Crippen molar-refractivity contribution in [2.24, 2.45) is 17.1 Å². The summed E-state index contributed by atoms with van der Waals surface area (Å²) in [5.74, 6) is 1.32. The van der Waals surface area contributed by atoms with E-state index in [1.54, 1.807) is 7.05 Å². The van der Waals surface area contributed by atoms with Crippen LogP contribution in [0.5, 0.6) is 0 Å². The topological polar surface area (TPSA) is 84.7 Å². The molecule has 2 aromatic rings. The summed E-state index contributed by atoms with van der Waals surface area (Å²) in [6.45, 7) is 4.97. The van der Waals surface area contributed by atoms with Crippen LogP contribution in [0.2, 0.25) is 0 Å². The predicted molar refractivity (Wildman–Crippen MR) is 147 cm³/mol. The number of hydrogen-bond donors (Lipinski definition) is 2. The van der Waals surface area contributed by atoms with Crippen molar-refractivity contribution in [3.05, 3.63) is 101 Å². The van der Waals surface area contributed by atoms with E-state index < -0.39 is 0 Å². The molecule has 194 valence electrons. The Labute approximate surface area is 219 Å². The van der Waals surface area contributed by atoms with Crippen LogP contribution in [-0.4, -0.2) is 30.8 Å². The molecule has 1 aliphatic heterocycles. The van der Waals surface area contributed by atoms with E-state index in [0.29, 0.717) is 17.9 Å². The summed E-state index contributed by atoms with van der Waals surface area (Å²) >= 11 is 0. The van der Waals surface area contributed by atoms with Gasteiger partial charge >= 0.3 is 0 Å². The lowest BCUT2D eigenvalue weighted by Gasteiger charge is -2.46. The third kappa shape index (κ3) is 5.96. The van der Waals surface area contributed by atoms with E-state index in [0.717, 1.165) is 54.6 Å². The molecule has 0 bridgehead atoms. The van der Waals surface area contributed by atoms with Gasteiger partial charge in [0.25, 0.3) is 5.91 Å². The average Bonchev–Trinajstić information content (AvgIpc) is 2.92. The Kier molecular flexibility index (Phi) is 8.17. The number of ether oxygens (including phenoxy) is 1. The van der Waals surface area contributed by atoms with Gasteiger partial charge < -0.3 is 20.7 Å². The number of amides is 2. The van der Waals surface area contributed by atoms with Crippen molar-refractivity contribution in [2.45, 2.75) is 45.6 Å². The second-order valence-electron chi connectivity index (χ2n) is 10.2. The van der Waals surface area contributed by atoms with E-state index in [1.807, 2.05) is 48.5 Å². The molecule has 37 heavy (non-hydrogen) atoms. The summed E-state index contributed by atoms with van der Waals surface area (Å²) in [7, 11) is 1.66. The van der Waals surface area contributed by atoms with Gasteiger partial charge in [0.05, 0.1) is 0 Å². The molecule has 1 fully saturated rings. The van der Waals surface area contributed by atoms with Gasteiger partial charge in [0, 0.05) is 30.5 Å². The van der Waals surface area contributed by atoms with Gasteiger partial charge in [-0.2, -0.15) is 0 Å². The van der Waals surface area contributed by atoms with Gasteiger partial charge in [-0.3, -0.25) is 9.59 Å². The number of nitrogens with two attached hydrogens (primary N) is 1. The number of nitrogens with zero attached hydrogens (tertiary/aromatic N) is 1. The van der Waals surface area contributed by atoms with Gasteiger partial charge in [0.1, 0.15) is 17.7 Å². The Morgan fingerprint density at radius 1 is 1.19 bits per heavy atom. The van der Waals surface area contributed by atoms with Crippen LogP contribution in [0.4, 0.5) is 0 Å². The minimum atomic E-state index is -0.361. The summed E-state index contributed by atoms with van der Waals surface area (Å²) in [4.78, 5) is 25.5. The fourth-order valence-corrected chi connectivity index (χ4v) is 5.18. The number of carbonyl (C=O) groups is 2. The van der Waals surface area contributed by atoms with Gasteiger partial charge in [-0.05, 0) is 60.2 Å². The van der Waals surface area contributed by atoms with Crippen LogP contribution >= 0.6 is 0 Å². The minimum Gasteiger partial charge on any atom is -0.490 e. The minimum absolute atomic E-state index is 0.0353. The Bertz CT molecular complexity index is 1220. The lowest BCUT2D eigenvalue weighted by Crippen LogP contribution is -2.38. The molecule has 1 aliphatic carbocycles. The molecule has 1 saturated heterocycles. The predicted octanol–water partition coefficient (Wildman–Crippen LogP) is 5.56. The lowest BCUT2D eigenvalue weighted by atomic mass is 9.65. The second kappa shape index (κ2) is 11.5. The van der Waals surface area contributed by atoms with E-state index >= 15 is 0 Å². The number of hydrogen-bond acceptors (Lipinski definition) is 4. The number of rotatable bonds is 9. The maximum absolute atomic E-state index is 12.7. The molecule has 2 aliphatic rings. The molecule has 3 atom stereocenters. The number of carbonyl (C=O) groups excluding carboxylic acids is 2. The Morgan fingerprint density at radius 3 is 2.70 bits per heavy atom. The highest BCUT2D eigenvalue weighted by Gasteiger charge is 2.45. The van der Waals surface area contributed by atoms with Gasteiger partial charge in [-0.25, -0.2) is 0 Å². The SMILES string of the molecule is CCCCNC(=O)c1cccc(C2=CC=C3O[C@H](c4ccccc4)C[C@](C)(/C=C(/N)N(C)C=O)C3C2)c1. The largest absolute Gasteiger partial charge is 0.490 e. The Morgan fingerprint density at radius 2 is 1.97 bits per heavy atom. The smallest absolute Gasteiger partial charge is 0.251 e. The molecular weight excluding hydrogens is 462 g/mol. The maximum atomic E-state index is 12.7. The first-order valence-electron chi connectivity index (χ1n) is 13.0. The van der Waals surface area contributed by atoms with E-state index in [1.165, 1.54) is 4.90 Å². The Balaban J connectivity index is 1.67. The van der Waals surface area contributed by atoms with Crippen molar-refractivity contribution in [3.63, 3.8) is 0 Å². The highest BCUT2D eigenvalue weighted by atomic mass is 16.5. The van der Waals surface area contributed by atoms with Crippen molar-refractivity contribution < 1.29 is 14.3 Å². The summed E-state index contributed by atoms with van der Waals surface area (Å²) in [6.07, 6.45) is 10.2. The molecule has 1 unspecified atom stereocenters. The third-order valence-corrected chi connectivity index (χ3v) is 7.44. The standard InChI is InChI=1S/C31H37N3O3/c1-4-5-16-33-30(36)25-13-9-12-23(17-25)24-14-15-27-26(18-24)31(2,20-29(32)34(3)21-35)19-28(37-27)22-10-7-6-8-11-22/h6-15,17,20-21,26,28H,4-5,16,18-19,32H2,1-3H3,(H,33,36)/b29-20-/t26?,28-,31+/m0/s1. The van der Waals surface area contributed by atoms with Crippen molar-refractivity contribution in [3.8, 4) is 0 Å². The van der Waals surface area contributed by atoms with Crippen molar-refractivity contribution in [2.75, 3.05) is 13.6 Å². The summed E-state index contributed by atoms with van der Waals surface area (Å²) < 4.78 is 6.54. The number of benzene rings is 2. The third-order valence-electron chi connectivity index (χ3n) is 7.44. The maximum Gasteiger partial charge on any atom is 0.251 e. The van der Waals surface area contributed by atoms with Gasteiger partial charge in [0.2, 0.25) is 6.41 Å². The molecule has 4 rings (SSSR count). The van der Waals surface area contributed by atoms with Crippen LogP contribution in [0, 0.1) is 11.3 Å². The lowest BCUT2D eigenvalue weighted by molar-refractivity contribution is -0.115. The van der Waals surface area contributed by atoms with Crippen molar-refractivity contribution >= 4 is 17.9 Å².